The summed E-state index contributed by atoms with van der Waals surface area (Å²) in [6, 6.07) is -0.251. The third-order valence-corrected chi connectivity index (χ3v) is 2.46. The Morgan fingerprint density at radius 2 is 1.17 bits per heavy atom. The highest BCUT2D eigenvalue weighted by Gasteiger charge is 2.75. The Morgan fingerprint density at radius 3 is 1.42 bits per heavy atom. The molecule has 0 amide bonds. The van der Waals surface area contributed by atoms with Crippen molar-refractivity contribution in [2.24, 2.45) is 5.92 Å². The highest BCUT2D eigenvalue weighted by atomic mass is 19.4. The van der Waals surface area contributed by atoms with Crippen LogP contribution in [-0.4, -0.2) is 43.1 Å². The predicted molar refractivity (Wildman–Crippen MR) is 46.9 cm³/mol. The number of hydrogen-bond donors (Lipinski definition) is 0. The number of nitrogens with zero attached hydrogens (tertiary/aromatic N) is 1. The molecule has 0 radical (unpaired) electrons. The van der Waals surface area contributed by atoms with Crippen LogP contribution in [0.4, 0.5) is 57.1 Å². The van der Waals surface area contributed by atoms with Gasteiger partial charge in [0.1, 0.15) is 12.0 Å². The Balaban J connectivity index is 5.68. The van der Waals surface area contributed by atoms with Crippen LogP contribution in [0.1, 0.15) is 0 Å². The maximum absolute atomic E-state index is 13.1. The molecular weight excluding hydrogens is 385 g/mol. The third-order valence-electron chi connectivity index (χ3n) is 2.46. The zero-order valence-corrected chi connectivity index (χ0v) is 10.6. The van der Waals surface area contributed by atoms with E-state index in [1.54, 1.807) is 0 Å². The van der Waals surface area contributed by atoms with Crippen LogP contribution in [0.5, 0.6) is 0 Å². The fourth-order valence-corrected chi connectivity index (χ4v) is 1.19. The van der Waals surface area contributed by atoms with Gasteiger partial charge >= 0.3 is 30.3 Å². The molecule has 0 aromatic heterocycles. The second-order valence-electron chi connectivity index (χ2n) is 4.19. The van der Waals surface area contributed by atoms with E-state index in [4.69, 9.17) is 5.26 Å². The summed E-state index contributed by atoms with van der Waals surface area (Å²) in [6.45, 7) is -3.11. The van der Waals surface area contributed by atoms with Crippen LogP contribution in [0.25, 0.3) is 0 Å². The van der Waals surface area contributed by atoms with Crippen molar-refractivity contribution >= 4 is 0 Å². The standard InChI is InChI=1S/C9H4F13NO/c10-4(5(11,12)2-23)3(6(13,14)15)1-24-7(16,8(17,18)19)9(20,21)22/h3-4H,1H2. The van der Waals surface area contributed by atoms with Gasteiger partial charge in [0.25, 0.3) is 0 Å². The summed E-state index contributed by atoms with van der Waals surface area (Å²) >= 11 is 0. The van der Waals surface area contributed by atoms with Crippen LogP contribution >= 0.6 is 0 Å². The third kappa shape index (κ3) is 4.54. The van der Waals surface area contributed by atoms with Crippen LogP contribution in [0.3, 0.4) is 0 Å². The second-order valence-corrected chi connectivity index (χ2v) is 4.19. The lowest BCUT2D eigenvalue weighted by Gasteiger charge is -2.32. The van der Waals surface area contributed by atoms with Crippen molar-refractivity contribution in [2.75, 3.05) is 6.61 Å². The van der Waals surface area contributed by atoms with Crippen molar-refractivity contribution in [3.63, 3.8) is 0 Å². The van der Waals surface area contributed by atoms with Gasteiger partial charge in [0, 0.05) is 0 Å². The van der Waals surface area contributed by atoms with E-state index in [-0.39, 0.29) is 6.07 Å². The van der Waals surface area contributed by atoms with E-state index in [0.29, 0.717) is 0 Å². The molecule has 2 atom stereocenters. The first-order valence-corrected chi connectivity index (χ1v) is 5.27. The molecule has 0 aliphatic carbocycles. The summed E-state index contributed by atoms with van der Waals surface area (Å²) in [5.41, 5.74) is 0. The first-order valence-electron chi connectivity index (χ1n) is 5.27. The smallest absolute Gasteiger partial charge is 0.331 e. The van der Waals surface area contributed by atoms with Crippen molar-refractivity contribution in [1.29, 1.82) is 5.26 Å². The summed E-state index contributed by atoms with van der Waals surface area (Å²) in [4.78, 5) is 0. The quantitative estimate of drug-likeness (QED) is 0.651. The number of alkyl halides is 13. The minimum Gasteiger partial charge on any atom is -0.331 e. The van der Waals surface area contributed by atoms with Crippen LogP contribution < -0.4 is 0 Å². The molecule has 0 N–H and O–H groups in total. The topological polar surface area (TPSA) is 33.0 Å². The SMILES string of the molecule is N#CC(F)(F)C(F)C(COC(F)(C(F)(F)F)C(F)(F)F)C(F)(F)F. The van der Waals surface area contributed by atoms with Crippen molar-refractivity contribution < 1.29 is 61.8 Å². The van der Waals surface area contributed by atoms with E-state index in [0.717, 1.165) is 0 Å². The summed E-state index contributed by atoms with van der Waals surface area (Å²) in [5.74, 6) is -16.4. The summed E-state index contributed by atoms with van der Waals surface area (Å²) in [5, 5.41) is 7.78. The van der Waals surface area contributed by atoms with Gasteiger partial charge in [-0.25, -0.2) is 4.39 Å². The molecule has 2 unspecified atom stereocenters. The molecule has 0 rings (SSSR count). The van der Waals surface area contributed by atoms with Gasteiger partial charge < -0.3 is 4.74 Å². The molecular formula is C9H4F13NO. The van der Waals surface area contributed by atoms with Crippen LogP contribution in [0.2, 0.25) is 0 Å². The number of halogens is 13. The number of nitriles is 1. The van der Waals surface area contributed by atoms with Crippen LogP contribution in [-0.2, 0) is 4.74 Å². The normalized spacial score (nSPS) is 17.3. The molecule has 24 heavy (non-hydrogen) atoms. The Bertz CT molecular complexity index is 456. The van der Waals surface area contributed by atoms with Gasteiger partial charge in [0.15, 0.2) is 6.17 Å². The Morgan fingerprint density at radius 1 is 0.792 bits per heavy atom. The molecule has 0 fully saturated rings. The van der Waals surface area contributed by atoms with Crippen LogP contribution in [0.15, 0.2) is 0 Å². The van der Waals surface area contributed by atoms with E-state index >= 15 is 0 Å². The first-order chi connectivity index (χ1) is 10.3. The first kappa shape index (κ1) is 22.5. The van der Waals surface area contributed by atoms with E-state index in [2.05, 4.69) is 4.74 Å². The zero-order valence-electron chi connectivity index (χ0n) is 10.6. The summed E-state index contributed by atoms with van der Waals surface area (Å²) < 4.78 is 163. The maximum Gasteiger partial charge on any atom is 0.458 e. The largest absolute Gasteiger partial charge is 0.458 e. The van der Waals surface area contributed by atoms with Crippen molar-refractivity contribution in [2.45, 2.75) is 36.5 Å². The molecule has 142 valence electrons. The second kappa shape index (κ2) is 6.45. The molecule has 0 saturated carbocycles. The molecule has 0 aliphatic heterocycles. The molecule has 0 spiro atoms. The van der Waals surface area contributed by atoms with Gasteiger partial charge in [-0.15, -0.1) is 0 Å². The molecule has 15 heteroatoms. The van der Waals surface area contributed by atoms with Gasteiger partial charge in [-0.05, 0) is 0 Å². The molecule has 0 saturated heterocycles. The number of rotatable bonds is 5. The predicted octanol–water partition coefficient (Wildman–Crippen LogP) is 4.47. The minimum atomic E-state index is -6.94. The molecule has 0 aromatic rings. The van der Waals surface area contributed by atoms with E-state index in [9.17, 15) is 57.1 Å². The average Bonchev–Trinajstić information content (AvgIpc) is 2.33. The van der Waals surface area contributed by atoms with Gasteiger partial charge in [-0.2, -0.15) is 57.9 Å². The molecule has 0 aliphatic rings. The highest BCUT2D eigenvalue weighted by Crippen LogP contribution is 2.48. The van der Waals surface area contributed by atoms with Gasteiger partial charge in [0.05, 0.1) is 6.61 Å². The van der Waals surface area contributed by atoms with E-state index < -0.39 is 49.0 Å². The minimum absolute atomic E-state index is 0.251. The van der Waals surface area contributed by atoms with E-state index in [1.807, 2.05) is 0 Å². The van der Waals surface area contributed by atoms with Crippen molar-refractivity contribution in [3.8, 4) is 6.07 Å². The zero-order chi connectivity index (χ0) is 19.8. The number of ether oxygens (including phenoxy) is 1. The lowest BCUT2D eigenvalue weighted by Crippen LogP contribution is -2.57. The average molecular weight is 389 g/mol. The van der Waals surface area contributed by atoms with Gasteiger partial charge in [-0.3, -0.25) is 0 Å². The number of hydrogen-bond acceptors (Lipinski definition) is 2. The lowest BCUT2D eigenvalue weighted by atomic mass is 9.99. The monoisotopic (exact) mass is 389 g/mol. The summed E-state index contributed by atoms with van der Waals surface area (Å²) in [6.07, 6.45) is -24.7. The van der Waals surface area contributed by atoms with Gasteiger partial charge in [0.2, 0.25) is 0 Å². The van der Waals surface area contributed by atoms with E-state index in [1.165, 1.54) is 0 Å². The Labute approximate surface area is 123 Å². The molecule has 0 heterocycles. The molecule has 0 aromatic carbocycles. The highest BCUT2D eigenvalue weighted by molar-refractivity contribution is 5.01. The maximum atomic E-state index is 13.1. The van der Waals surface area contributed by atoms with Crippen LogP contribution in [0, 0.1) is 17.2 Å². The Hall–Kier alpha value is -1.46. The van der Waals surface area contributed by atoms with Crippen molar-refractivity contribution in [1.82, 2.24) is 0 Å². The fraction of sp³-hybridized carbons (Fsp3) is 0.889. The molecule has 0 bridgehead atoms. The Kier molecular flexibility index (Phi) is 6.06. The molecule has 2 nitrogen and oxygen atoms in total. The van der Waals surface area contributed by atoms with Gasteiger partial charge in [-0.1, -0.05) is 0 Å². The lowest BCUT2D eigenvalue weighted by molar-refractivity contribution is -0.435. The van der Waals surface area contributed by atoms with Crippen molar-refractivity contribution in [3.05, 3.63) is 0 Å². The summed E-state index contributed by atoms with van der Waals surface area (Å²) in [7, 11) is 0. The fourth-order valence-electron chi connectivity index (χ4n) is 1.19.